The quantitative estimate of drug-likeness (QED) is 0.888. The van der Waals surface area contributed by atoms with Crippen LogP contribution in [0.15, 0.2) is 18.5 Å². The van der Waals surface area contributed by atoms with E-state index in [0.29, 0.717) is 17.3 Å². The van der Waals surface area contributed by atoms with Gasteiger partial charge in [-0.05, 0) is 39.0 Å². The first-order chi connectivity index (χ1) is 8.59. The minimum atomic E-state index is -0.0323. The zero-order valence-corrected chi connectivity index (χ0v) is 12.2. The monoisotopic (exact) mass is 284 g/mol. The third kappa shape index (κ3) is 3.58. The molecule has 0 saturated carbocycles. The predicted octanol–water partition coefficient (Wildman–Crippen LogP) is 1.25. The van der Waals surface area contributed by atoms with Gasteiger partial charge in [0.2, 0.25) is 0 Å². The molecule has 0 aliphatic carbocycles. The van der Waals surface area contributed by atoms with Crippen molar-refractivity contribution in [2.45, 2.75) is 18.9 Å². The number of likely N-dealkylation sites (tertiary alicyclic amines) is 1. The molecule has 1 fully saturated rings. The number of halogens is 1. The van der Waals surface area contributed by atoms with Crippen molar-refractivity contribution in [3.05, 3.63) is 24.0 Å². The molecule has 2 rings (SSSR count). The number of hydrogen-bond acceptors (Lipinski definition) is 4. The number of piperidine rings is 1. The Labute approximate surface area is 120 Å². The van der Waals surface area contributed by atoms with Gasteiger partial charge in [0.1, 0.15) is 0 Å². The van der Waals surface area contributed by atoms with E-state index in [4.69, 9.17) is 5.73 Å². The van der Waals surface area contributed by atoms with Crippen molar-refractivity contribution < 1.29 is 4.79 Å². The number of pyridine rings is 1. The molecule has 1 aromatic rings. The van der Waals surface area contributed by atoms with E-state index in [2.05, 4.69) is 16.9 Å². The van der Waals surface area contributed by atoms with Gasteiger partial charge in [-0.3, -0.25) is 9.78 Å². The molecule has 1 aliphatic rings. The summed E-state index contributed by atoms with van der Waals surface area (Å²) in [5, 5.41) is 0. The summed E-state index contributed by atoms with van der Waals surface area (Å²) in [4.78, 5) is 20.4. The Kier molecular flexibility index (Phi) is 5.57. The molecule has 1 aromatic heterocycles. The highest BCUT2D eigenvalue weighted by molar-refractivity contribution is 5.98. The van der Waals surface area contributed by atoms with Crippen LogP contribution in [0.5, 0.6) is 0 Å². The molecule has 0 bridgehead atoms. The van der Waals surface area contributed by atoms with E-state index in [1.54, 1.807) is 23.4 Å². The van der Waals surface area contributed by atoms with Crippen LogP contribution in [-0.2, 0) is 0 Å². The fraction of sp³-hybridized carbons (Fsp3) is 0.538. The van der Waals surface area contributed by atoms with E-state index >= 15 is 0 Å². The Morgan fingerprint density at radius 2 is 2.11 bits per heavy atom. The van der Waals surface area contributed by atoms with E-state index in [-0.39, 0.29) is 18.3 Å². The second-order valence-electron chi connectivity index (χ2n) is 4.91. The predicted molar refractivity (Wildman–Crippen MR) is 78.5 cm³/mol. The zero-order valence-electron chi connectivity index (χ0n) is 11.4. The maximum Gasteiger partial charge on any atom is 0.257 e. The standard InChI is InChI=1S/C13H20N4O.ClH/c1-16-7-4-10(5-8-16)17(2)13(18)11-9-15-6-3-12(11)14;/h3,6,9-10H,4-5,7-8H2,1-2H3,(H2,14,15);1H. The smallest absolute Gasteiger partial charge is 0.257 e. The molecule has 1 amide bonds. The number of nitrogen functional groups attached to an aromatic ring is 1. The van der Waals surface area contributed by atoms with Gasteiger partial charge in [0.15, 0.2) is 0 Å². The number of rotatable bonds is 2. The van der Waals surface area contributed by atoms with Crippen LogP contribution in [0.4, 0.5) is 5.69 Å². The van der Waals surface area contributed by atoms with Crippen LogP contribution in [0.1, 0.15) is 23.2 Å². The number of carbonyl (C=O) groups excluding carboxylic acids is 1. The lowest BCUT2D eigenvalue weighted by molar-refractivity contribution is 0.0660. The summed E-state index contributed by atoms with van der Waals surface area (Å²) in [6, 6.07) is 1.96. The van der Waals surface area contributed by atoms with E-state index in [9.17, 15) is 4.79 Å². The minimum Gasteiger partial charge on any atom is -0.398 e. The van der Waals surface area contributed by atoms with Crippen LogP contribution in [-0.4, -0.2) is 53.9 Å². The summed E-state index contributed by atoms with van der Waals surface area (Å²) in [7, 11) is 3.96. The average Bonchev–Trinajstić information content (AvgIpc) is 2.38. The number of nitrogens with two attached hydrogens (primary N) is 1. The SMILES string of the molecule is CN1CCC(N(C)C(=O)c2cnccc2N)CC1.Cl. The third-order valence-electron chi connectivity index (χ3n) is 3.64. The van der Waals surface area contributed by atoms with Crippen LogP contribution in [0, 0.1) is 0 Å². The molecule has 0 aromatic carbocycles. The topological polar surface area (TPSA) is 62.5 Å². The molecular weight excluding hydrogens is 264 g/mol. The van der Waals surface area contributed by atoms with Gasteiger partial charge in [-0.15, -0.1) is 12.4 Å². The van der Waals surface area contributed by atoms with Crippen LogP contribution >= 0.6 is 12.4 Å². The lowest BCUT2D eigenvalue weighted by Gasteiger charge is -2.35. The van der Waals surface area contributed by atoms with Gasteiger partial charge in [-0.25, -0.2) is 0 Å². The Balaban J connectivity index is 0.00000180. The molecule has 0 atom stereocenters. The molecule has 106 valence electrons. The van der Waals surface area contributed by atoms with Gasteiger partial charge in [-0.1, -0.05) is 0 Å². The van der Waals surface area contributed by atoms with Crippen LogP contribution in [0.3, 0.4) is 0 Å². The normalized spacial score (nSPS) is 16.7. The summed E-state index contributed by atoms with van der Waals surface area (Å²) in [5.41, 5.74) is 6.81. The van der Waals surface area contributed by atoms with Crippen molar-refractivity contribution >= 4 is 24.0 Å². The first-order valence-electron chi connectivity index (χ1n) is 6.25. The minimum absolute atomic E-state index is 0. The highest BCUT2D eigenvalue weighted by Crippen LogP contribution is 2.18. The van der Waals surface area contributed by atoms with Gasteiger partial charge in [0.05, 0.1) is 5.56 Å². The molecular formula is C13H21ClN4O. The molecule has 2 heterocycles. The van der Waals surface area contributed by atoms with Gasteiger partial charge in [0.25, 0.3) is 5.91 Å². The lowest BCUT2D eigenvalue weighted by Crippen LogP contribution is -2.44. The van der Waals surface area contributed by atoms with Crippen molar-refractivity contribution in [3.63, 3.8) is 0 Å². The molecule has 6 heteroatoms. The van der Waals surface area contributed by atoms with E-state index in [1.807, 2.05) is 7.05 Å². The van der Waals surface area contributed by atoms with Crippen molar-refractivity contribution in [3.8, 4) is 0 Å². The van der Waals surface area contributed by atoms with Crippen molar-refractivity contribution in [2.24, 2.45) is 0 Å². The Morgan fingerprint density at radius 1 is 1.47 bits per heavy atom. The van der Waals surface area contributed by atoms with Crippen molar-refractivity contribution in [1.29, 1.82) is 0 Å². The number of hydrogen-bond donors (Lipinski definition) is 1. The number of anilines is 1. The third-order valence-corrected chi connectivity index (χ3v) is 3.64. The first-order valence-corrected chi connectivity index (χ1v) is 6.25. The number of nitrogens with zero attached hydrogens (tertiary/aromatic N) is 3. The van der Waals surface area contributed by atoms with Crippen LogP contribution < -0.4 is 5.73 Å². The molecule has 0 radical (unpaired) electrons. The molecule has 5 nitrogen and oxygen atoms in total. The van der Waals surface area contributed by atoms with Crippen LogP contribution in [0.25, 0.3) is 0 Å². The summed E-state index contributed by atoms with van der Waals surface area (Å²) in [6.45, 7) is 2.07. The van der Waals surface area contributed by atoms with E-state index < -0.39 is 0 Å². The maximum absolute atomic E-state index is 12.3. The molecule has 19 heavy (non-hydrogen) atoms. The molecule has 1 saturated heterocycles. The van der Waals surface area contributed by atoms with Gasteiger partial charge < -0.3 is 15.5 Å². The lowest BCUT2D eigenvalue weighted by atomic mass is 10.0. The highest BCUT2D eigenvalue weighted by atomic mass is 35.5. The zero-order chi connectivity index (χ0) is 13.1. The largest absolute Gasteiger partial charge is 0.398 e. The Hall–Kier alpha value is -1.33. The fourth-order valence-corrected chi connectivity index (χ4v) is 2.32. The second-order valence-corrected chi connectivity index (χ2v) is 4.91. The molecule has 0 spiro atoms. The summed E-state index contributed by atoms with van der Waals surface area (Å²) in [5.74, 6) is -0.0323. The Morgan fingerprint density at radius 3 is 2.68 bits per heavy atom. The number of amides is 1. The highest BCUT2D eigenvalue weighted by Gasteiger charge is 2.25. The van der Waals surface area contributed by atoms with E-state index in [1.165, 1.54) is 0 Å². The summed E-state index contributed by atoms with van der Waals surface area (Å²) >= 11 is 0. The number of aromatic nitrogens is 1. The van der Waals surface area contributed by atoms with Crippen molar-refractivity contribution in [1.82, 2.24) is 14.8 Å². The maximum atomic E-state index is 12.3. The number of carbonyl (C=O) groups is 1. The Bertz CT molecular complexity index is 432. The average molecular weight is 285 g/mol. The van der Waals surface area contributed by atoms with Crippen molar-refractivity contribution in [2.75, 3.05) is 32.9 Å². The van der Waals surface area contributed by atoms with Gasteiger partial charge >= 0.3 is 0 Å². The van der Waals surface area contributed by atoms with Gasteiger partial charge in [-0.2, -0.15) is 0 Å². The molecule has 2 N–H and O–H groups in total. The summed E-state index contributed by atoms with van der Waals surface area (Å²) < 4.78 is 0. The first kappa shape index (κ1) is 15.7. The van der Waals surface area contributed by atoms with E-state index in [0.717, 1.165) is 25.9 Å². The second kappa shape index (κ2) is 6.73. The summed E-state index contributed by atoms with van der Waals surface area (Å²) in [6.07, 6.45) is 5.17. The fourth-order valence-electron chi connectivity index (χ4n) is 2.32. The molecule has 0 unspecified atom stereocenters. The van der Waals surface area contributed by atoms with Gasteiger partial charge in [0, 0.05) is 31.2 Å². The van der Waals surface area contributed by atoms with Crippen LogP contribution in [0.2, 0.25) is 0 Å². The molecule has 1 aliphatic heterocycles.